The maximum atomic E-state index is 12.3. The van der Waals surface area contributed by atoms with Crippen LogP contribution in [0.4, 0.5) is 0 Å². The molecule has 1 amide bonds. The van der Waals surface area contributed by atoms with Crippen molar-refractivity contribution >= 4 is 11.9 Å². The normalized spacial score (nSPS) is 13.8. The van der Waals surface area contributed by atoms with Gasteiger partial charge in [0, 0.05) is 18.8 Å². The number of carboxylic acids is 1. The van der Waals surface area contributed by atoms with Crippen molar-refractivity contribution in [3.8, 4) is 0 Å². The first-order chi connectivity index (χ1) is 9.73. The summed E-state index contributed by atoms with van der Waals surface area (Å²) in [5.74, 6) is -1.22. The lowest BCUT2D eigenvalue weighted by Crippen LogP contribution is -2.33. The van der Waals surface area contributed by atoms with E-state index in [0.29, 0.717) is 12.0 Å². The fourth-order valence-corrected chi connectivity index (χ4v) is 2.32. The molecule has 0 bridgehead atoms. The summed E-state index contributed by atoms with van der Waals surface area (Å²) in [5, 5.41) is 16.0. The van der Waals surface area contributed by atoms with E-state index < -0.39 is 5.97 Å². The molecule has 0 aliphatic rings. The van der Waals surface area contributed by atoms with Gasteiger partial charge in [-0.15, -0.1) is 0 Å². The zero-order valence-corrected chi connectivity index (χ0v) is 13.4. The average molecular weight is 295 g/mol. The summed E-state index contributed by atoms with van der Waals surface area (Å²) in [4.78, 5) is 23.0. The van der Waals surface area contributed by atoms with E-state index in [9.17, 15) is 9.59 Å². The van der Waals surface area contributed by atoms with Crippen molar-refractivity contribution in [3.63, 3.8) is 0 Å². The van der Waals surface area contributed by atoms with Crippen LogP contribution < -0.4 is 5.32 Å². The van der Waals surface area contributed by atoms with Crippen molar-refractivity contribution in [1.82, 2.24) is 15.1 Å². The van der Waals surface area contributed by atoms with Crippen molar-refractivity contribution in [2.24, 2.45) is 13.0 Å². The van der Waals surface area contributed by atoms with Crippen LogP contribution in [0.25, 0.3) is 0 Å². The van der Waals surface area contributed by atoms with Crippen LogP contribution in [0.5, 0.6) is 0 Å². The molecule has 0 aliphatic carbocycles. The fraction of sp³-hybridized carbons (Fsp3) is 0.667. The minimum absolute atomic E-state index is 0.0116. The number of nitrogens with zero attached hydrogens (tertiary/aromatic N) is 2. The lowest BCUT2D eigenvalue weighted by molar-refractivity contribution is -0.141. The van der Waals surface area contributed by atoms with E-state index in [0.717, 1.165) is 24.2 Å². The van der Waals surface area contributed by atoms with Gasteiger partial charge < -0.3 is 10.4 Å². The van der Waals surface area contributed by atoms with Crippen LogP contribution in [0.2, 0.25) is 0 Å². The molecule has 1 rings (SSSR count). The van der Waals surface area contributed by atoms with Crippen LogP contribution in [-0.2, 0) is 11.8 Å². The number of aliphatic carboxylic acids is 1. The summed E-state index contributed by atoms with van der Waals surface area (Å²) >= 11 is 0. The molecule has 1 aromatic heterocycles. The molecule has 1 heterocycles. The molecular weight excluding hydrogens is 270 g/mol. The highest BCUT2D eigenvalue weighted by Gasteiger charge is 2.19. The maximum Gasteiger partial charge on any atom is 0.306 e. The molecule has 2 atom stereocenters. The van der Waals surface area contributed by atoms with Gasteiger partial charge in [-0.2, -0.15) is 5.10 Å². The van der Waals surface area contributed by atoms with Crippen LogP contribution in [0, 0.1) is 19.8 Å². The molecular formula is C15H25N3O3. The van der Waals surface area contributed by atoms with Crippen LogP contribution in [-0.4, -0.2) is 32.8 Å². The number of carbonyl (C=O) groups is 2. The molecule has 0 saturated carbocycles. The molecule has 118 valence electrons. The highest BCUT2D eigenvalue weighted by atomic mass is 16.4. The molecule has 0 aliphatic heterocycles. The van der Waals surface area contributed by atoms with E-state index in [1.54, 1.807) is 11.6 Å². The zero-order chi connectivity index (χ0) is 16.2. The van der Waals surface area contributed by atoms with Crippen LogP contribution in [0.15, 0.2) is 0 Å². The second-order valence-corrected chi connectivity index (χ2v) is 5.71. The molecule has 6 heteroatoms. The molecule has 0 radical (unpaired) electrons. The molecule has 6 nitrogen and oxygen atoms in total. The number of hydrogen-bond donors (Lipinski definition) is 2. The second-order valence-electron chi connectivity index (χ2n) is 5.71. The van der Waals surface area contributed by atoms with E-state index in [1.807, 2.05) is 27.8 Å². The highest BCUT2D eigenvalue weighted by Crippen LogP contribution is 2.13. The number of aromatic nitrogens is 2. The Labute approximate surface area is 125 Å². The molecule has 21 heavy (non-hydrogen) atoms. The Morgan fingerprint density at radius 2 is 1.90 bits per heavy atom. The molecule has 0 spiro atoms. The lowest BCUT2D eigenvalue weighted by Gasteiger charge is -2.14. The summed E-state index contributed by atoms with van der Waals surface area (Å²) < 4.78 is 1.70. The van der Waals surface area contributed by atoms with Gasteiger partial charge in [-0.1, -0.05) is 13.3 Å². The van der Waals surface area contributed by atoms with Gasteiger partial charge in [-0.3, -0.25) is 14.3 Å². The van der Waals surface area contributed by atoms with Crippen LogP contribution in [0.3, 0.4) is 0 Å². The topological polar surface area (TPSA) is 84.2 Å². The van der Waals surface area contributed by atoms with Crippen LogP contribution in [0.1, 0.15) is 54.9 Å². The summed E-state index contributed by atoms with van der Waals surface area (Å²) in [5.41, 5.74) is 2.19. The van der Waals surface area contributed by atoms with Crippen molar-refractivity contribution in [2.75, 3.05) is 0 Å². The Kier molecular flexibility index (Phi) is 5.93. The first kappa shape index (κ1) is 17.2. The van der Waals surface area contributed by atoms with Gasteiger partial charge in [0.05, 0.1) is 17.2 Å². The second kappa shape index (κ2) is 7.24. The fourth-order valence-electron chi connectivity index (χ4n) is 2.32. The highest BCUT2D eigenvalue weighted by molar-refractivity contribution is 5.96. The number of aryl methyl sites for hydroxylation is 2. The molecule has 1 aromatic rings. The molecule has 0 aromatic carbocycles. The van der Waals surface area contributed by atoms with Crippen molar-refractivity contribution < 1.29 is 14.7 Å². The molecule has 2 N–H and O–H groups in total. The largest absolute Gasteiger partial charge is 0.481 e. The zero-order valence-electron chi connectivity index (χ0n) is 13.4. The molecule has 2 unspecified atom stereocenters. The molecule has 0 fully saturated rings. The predicted molar refractivity (Wildman–Crippen MR) is 80.3 cm³/mol. The Hall–Kier alpha value is -1.85. The van der Waals surface area contributed by atoms with E-state index in [4.69, 9.17) is 5.11 Å². The minimum atomic E-state index is -0.770. The Morgan fingerprint density at radius 1 is 1.29 bits per heavy atom. The van der Waals surface area contributed by atoms with Gasteiger partial charge in [-0.25, -0.2) is 0 Å². The third kappa shape index (κ3) is 4.58. The standard InChI is InChI=1S/C15H25N3O3/c1-9(15(20)21)7-6-8-10(2)16-14(19)13-11(3)17-18(5)12(13)4/h9-10H,6-8H2,1-5H3,(H,16,19)(H,20,21). The average Bonchev–Trinajstić information content (AvgIpc) is 2.62. The minimum Gasteiger partial charge on any atom is -0.481 e. The smallest absolute Gasteiger partial charge is 0.306 e. The number of nitrogens with one attached hydrogen (secondary N) is 1. The van der Waals surface area contributed by atoms with Gasteiger partial charge in [0.1, 0.15) is 0 Å². The Bertz CT molecular complexity index is 522. The van der Waals surface area contributed by atoms with Gasteiger partial charge in [-0.05, 0) is 33.6 Å². The SMILES string of the molecule is Cc1nn(C)c(C)c1C(=O)NC(C)CCCC(C)C(=O)O. The lowest BCUT2D eigenvalue weighted by atomic mass is 10.0. The number of rotatable bonds is 7. The van der Waals surface area contributed by atoms with Crippen LogP contribution >= 0.6 is 0 Å². The van der Waals surface area contributed by atoms with E-state index in [1.165, 1.54) is 0 Å². The number of carboxylic acid groups (broad SMARTS) is 1. The Balaban J connectivity index is 2.49. The maximum absolute atomic E-state index is 12.3. The van der Waals surface area contributed by atoms with E-state index in [-0.39, 0.29) is 17.9 Å². The number of carbonyl (C=O) groups excluding carboxylic acids is 1. The Morgan fingerprint density at radius 3 is 2.38 bits per heavy atom. The monoisotopic (exact) mass is 295 g/mol. The summed E-state index contributed by atoms with van der Waals surface area (Å²) in [6, 6.07) is 0.0116. The van der Waals surface area contributed by atoms with Gasteiger partial charge in [0.25, 0.3) is 5.91 Å². The summed E-state index contributed by atoms with van der Waals surface area (Å²) in [7, 11) is 1.82. The number of hydrogen-bond acceptors (Lipinski definition) is 3. The quantitative estimate of drug-likeness (QED) is 0.806. The van der Waals surface area contributed by atoms with Crippen molar-refractivity contribution in [3.05, 3.63) is 17.0 Å². The van der Waals surface area contributed by atoms with Crippen molar-refractivity contribution in [1.29, 1.82) is 0 Å². The third-order valence-electron chi connectivity index (χ3n) is 3.81. The number of amides is 1. The predicted octanol–water partition coefficient (Wildman–Crippen LogP) is 2.05. The van der Waals surface area contributed by atoms with E-state index in [2.05, 4.69) is 10.4 Å². The first-order valence-corrected chi connectivity index (χ1v) is 7.27. The van der Waals surface area contributed by atoms with E-state index >= 15 is 0 Å². The molecule has 0 saturated heterocycles. The summed E-state index contributed by atoms with van der Waals surface area (Å²) in [6.07, 6.45) is 2.17. The summed E-state index contributed by atoms with van der Waals surface area (Å²) in [6.45, 7) is 7.33. The third-order valence-corrected chi connectivity index (χ3v) is 3.81. The van der Waals surface area contributed by atoms with Crippen molar-refractivity contribution in [2.45, 2.75) is 53.0 Å². The first-order valence-electron chi connectivity index (χ1n) is 7.27. The van der Waals surface area contributed by atoms with Gasteiger partial charge in [0.2, 0.25) is 0 Å². The van der Waals surface area contributed by atoms with Gasteiger partial charge >= 0.3 is 5.97 Å². The van der Waals surface area contributed by atoms with Gasteiger partial charge in [0.15, 0.2) is 0 Å².